The summed E-state index contributed by atoms with van der Waals surface area (Å²) < 4.78 is 24.5. The Hall–Kier alpha value is -3.74. The van der Waals surface area contributed by atoms with E-state index in [1.807, 2.05) is 12.1 Å². The summed E-state index contributed by atoms with van der Waals surface area (Å²) >= 11 is 0. The third-order valence-corrected chi connectivity index (χ3v) is 4.07. The number of carbonyl (C=O) groups excluding carboxylic acids is 2. The molecule has 6 nitrogen and oxygen atoms in total. The van der Waals surface area contributed by atoms with Crippen LogP contribution in [-0.4, -0.2) is 29.1 Å². The van der Waals surface area contributed by atoms with Gasteiger partial charge in [-0.15, -0.1) is 0 Å². The summed E-state index contributed by atoms with van der Waals surface area (Å²) in [6.45, 7) is 0.194. The van der Waals surface area contributed by atoms with Gasteiger partial charge >= 0.3 is 0 Å². The summed E-state index contributed by atoms with van der Waals surface area (Å²) in [5.41, 5.74) is 2.15. The second-order valence-corrected chi connectivity index (χ2v) is 5.83. The van der Waals surface area contributed by atoms with Gasteiger partial charge in [0.05, 0.1) is 17.0 Å². The summed E-state index contributed by atoms with van der Waals surface area (Å²) in [5.74, 6) is 0.0868. The molecule has 0 saturated carbocycles. The highest BCUT2D eigenvalue weighted by Gasteiger charge is 2.15. The van der Waals surface area contributed by atoms with E-state index < -0.39 is 11.6 Å². The van der Waals surface area contributed by atoms with E-state index in [1.165, 1.54) is 24.3 Å². The Bertz CT molecular complexity index is 1070. The number of hydrogen-bond acceptors (Lipinski definition) is 5. The Morgan fingerprint density at radius 1 is 1.11 bits per heavy atom. The van der Waals surface area contributed by atoms with Gasteiger partial charge in [0.1, 0.15) is 12.1 Å². The van der Waals surface area contributed by atoms with Crippen molar-refractivity contribution in [2.24, 2.45) is 0 Å². The van der Waals surface area contributed by atoms with Gasteiger partial charge in [0, 0.05) is 11.1 Å². The predicted molar refractivity (Wildman–Crippen MR) is 95.3 cm³/mol. The molecule has 0 spiro atoms. The van der Waals surface area contributed by atoms with Crippen molar-refractivity contribution in [2.45, 2.75) is 0 Å². The number of aromatic nitrogens is 2. The fourth-order valence-corrected chi connectivity index (χ4v) is 2.69. The predicted octanol–water partition coefficient (Wildman–Crippen LogP) is 3.65. The molecule has 4 rings (SSSR count). The first kappa shape index (κ1) is 16.7. The lowest BCUT2D eigenvalue weighted by Crippen LogP contribution is -1.99. The number of ether oxygens (including phenoxy) is 2. The summed E-state index contributed by atoms with van der Waals surface area (Å²) in [6, 6.07) is 10.9. The highest BCUT2D eigenvalue weighted by molar-refractivity contribution is 6.07. The lowest BCUT2D eigenvalue weighted by molar-refractivity contribution is 0.104. The van der Waals surface area contributed by atoms with Crippen LogP contribution in [0.1, 0.15) is 26.4 Å². The lowest BCUT2D eigenvalue weighted by Gasteiger charge is -1.99. The zero-order valence-electron chi connectivity index (χ0n) is 13.9. The van der Waals surface area contributed by atoms with Crippen molar-refractivity contribution in [2.75, 3.05) is 6.79 Å². The molecule has 0 radical (unpaired) electrons. The van der Waals surface area contributed by atoms with Crippen molar-refractivity contribution in [1.29, 1.82) is 0 Å². The minimum Gasteiger partial charge on any atom is -0.454 e. The van der Waals surface area contributed by atoms with Crippen LogP contribution < -0.4 is 9.47 Å². The second kappa shape index (κ2) is 6.87. The van der Waals surface area contributed by atoms with Gasteiger partial charge in [-0.2, -0.15) is 5.10 Å². The topological polar surface area (TPSA) is 81.3 Å². The molecule has 3 aromatic rings. The number of benzene rings is 2. The third-order valence-electron chi connectivity index (χ3n) is 4.07. The Balaban J connectivity index is 1.52. The quantitative estimate of drug-likeness (QED) is 0.425. The van der Waals surface area contributed by atoms with Crippen LogP contribution in [0.5, 0.6) is 11.5 Å². The van der Waals surface area contributed by atoms with Crippen molar-refractivity contribution >= 4 is 18.1 Å². The molecule has 1 aliphatic heterocycles. The number of aldehydes is 1. The van der Waals surface area contributed by atoms with Crippen LogP contribution in [-0.2, 0) is 0 Å². The number of fused-ring (bicyclic) bond motifs is 1. The first-order valence-corrected chi connectivity index (χ1v) is 8.06. The fraction of sp³-hybridized carbons (Fsp3) is 0.0500. The van der Waals surface area contributed by atoms with Gasteiger partial charge < -0.3 is 9.47 Å². The summed E-state index contributed by atoms with van der Waals surface area (Å²) in [6.07, 6.45) is 3.28. The average Bonchev–Trinajstić information content (AvgIpc) is 3.34. The van der Waals surface area contributed by atoms with E-state index in [4.69, 9.17) is 9.47 Å². The first-order chi connectivity index (χ1) is 13.1. The normalized spacial score (nSPS) is 12.5. The summed E-state index contributed by atoms with van der Waals surface area (Å²) in [5, 5.41) is 7.02. The van der Waals surface area contributed by atoms with Crippen LogP contribution in [0.3, 0.4) is 0 Å². The maximum atomic E-state index is 13.9. The molecular weight excluding hydrogens is 351 g/mol. The number of ketones is 1. The molecule has 1 N–H and O–H groups in total. The molecule has 1 aliphatic rings. The molecule has 27 heavy (non-hydrogen) atoms. The Morgan fingerprint density at radius 3 is 2.78 bits per heavy atom. The molecular formula is C20H13FN2O4. The molecule has 2 aromatic carbocycles. The van der Waals surface area contributed by atoms with Crippen molar-refractivity contribution in [3.8, 4) is 22.8 Å². The van der Waals surface area contributed by atoms with Crippen molar-refractivity contribution in [3.63, 3.8) is 0 Å². The molecule has 134 valence electrons. The Labute approximate surface area is 153 Å². The van der Waals surface area contributed by atoms with E-state index in [2.05, 4.69) is 10.2 Å². The van der Waals surface area contributed by atoms with Crippen LogP contribution in [0, 0.1) is 5.82 Å². The lowest BCUT2D eigenvalue weighted by atomic mass is 10.1. The smallest absolute Gasteiger partial charge is 0.231 e. The molecule has 7 heteroatoms. The van der Waals surface area contributed by atoms with E-state index >= 15 is 0 Å². The minimum atomic E-state index is -0.736. The number of H-pyrrole nitrogens is 1. The molecule has 1 aromatic heterocycles. The zero-order valence-corrected chi connectivity index (χ0v) is 13.9. The van der Waals surface area contributed by atoms with Gasteiger partial charge in [-0.3, -0.25) is 14.7 Å². The van der Waals surface area contributed by atoms with Crippen LogP contribution in [0.15, 0.2) is 48.5 Å². The largest absolute Gasteiger partial charge is 0.454 e. The van der Waals surface area contributed by atoms with E-state index in [1.54, 1.807) is 12.1 Å². The molecule has 0 unspecified atom stereocenters. The highest BCUT2D eigenvalue weighted by atomic mass is 19.1. The number of nitrogens with one attached hydrogen (secondary N) is 1. The number of halogens is 1. The Kier molecular flexibility index (Phi) is 4.25. The SMILES string of the molecule is O=Cc1ccc(C(=O)/C=C/c2cc(-c3ccc4c(c3)OCO4)n[nH]2)c(F)c1. The van der Waals surface area contributed by atoms with E-state index in [0.717, 1.165) is 11.6 Å². The van der Waals surface area contributed by atoms with Gasteiger partial charge in [-0.1, -0.05) is 6.07 Å². The van der Waals surface area contributed by atoms with Gasteiger partial charge in [-0.05, 0) is 48.6 Å². The van der Waals surface area contributed by atoms with Crippen LogP contribution in [0.4, 0.5) is 4.39 Å². The maximum Gasteiger partial charge on any atom is 0.231 e. The summed E-state index contributed by atoms with van der Waals surface area (Å²) in [4.78, 5) is 22.8. The molecule has 0 saturated heterocycles. The molecule has 0 atom stereocenters. The monoisotopic (exact) mass is 364 g/mol. The summed E-state index contributed by atoms with van der Waals surface area (Å²) in [7, 11) is 0. The van der Waals surface area contributed by atoms with Crippen LogP contribution in [0.2, 0.25) is 0 Å². The number of nitrogens with zero attached hydrogens (tertiary/aromatic N) is 1. The first-order valence-electron chi connectivity index (χ1n) is 8.06. The van der Waals surface area contributed by atoms with Gasteiger partial charge in [0.15, 0.2) is 17.3 Å². The van der Waals surface area contributed by atoms with Crippen molar-refractivity contribution in [3.05, 3.63) is 71.2 Å². The van der Waals surface area contributed by atoms with Crippen LogP contribution in [0.25, 0.3) is 17.3 Å². The van der Waals surface area contributed by atoms with Gasteiger partial charge in [0.2, 0.25) is 6.79 Å². The standard InChI is InChI=1S/C20H13FN2O4/c21-16-7-12(10-24)1-4-15(16)18(25)5-3-14-9-17(23-22-14)13-2-6-19-20(8-13)27-11-26-19/h1-10H,11H2,(H,22,23)/b5-3+. The number of aromatic amines is 1. The number of allylic oxidation sites excluding steroid dienone is 1. The molecule has 2 heterocycles. The number of hydrogen-bond donors (Lipinski definition) is 1. The van der Waals surface area contributed by atoms with E-state index in [0.29, 0.717) is 29.2 Å². The number of carbonyl (C=O) groups is 2. The molecule has 0 bridgehead atoms. The zero-order chi connectivity index (χ0) is 18.8. The maximum absolute atomic E-state index is 13.9. The minimum absolute atomic E-state index is 0.104. The molecule has 0 amide bonds. The van der Waals surface area contributed by atoms with E-state index in [-0.39, 0.29) is 17.9 Å². The van der Waals surface area contributed by atoms with Crippen molar-refractivity contribution in [1.82, 2.24) is 10.2 Å². The number of rotatable bonds is 5. The van der Waals surface area contributed by atoms with Crippen molar-refractivity contribution < 1.29 is 23.5 Å². The van der Waals surface area contributed by atoms with Gasteiger partial charge in [0.25, 0.3) is 0 Å². The fourth-order valence-electron chi connectivity index (χ4n) is 2.69. The third kappa shape index (κ3) is 3.35. The molecule has 0 fully saturated rings. The average molecular weight is 364 g/mol. The second-order valence-electron chi connectivity index (χ2n) is 5.83. The molecule has 0 aliphatic carbocycles. The van der Waals surface area contributed by atoms with Gasteiger partial charge in [-0.25, -0.2) is 4.39 Å². The Morgan fingerprint density at radius 2 is 1.96 bits per heavy atom. The highest BCUT2D eigenvalue weighted by Crippen LogP contribution is 2.35. The van der Waals surface area contributed by atoms with Crippen LogP contribution >= 0.6 is 0 Å². The van der Waals surface area contributed by atoms with E-state index in [9.17, 15) is 14.0 Å².